The number of benzene rings is 1. The van der Waals surface area contributed by atoms with Gasteiger partial charge in [-0.15, -0.1) is 0 Å². The molecule has 0 saturated heterocycles. The Hall–Kier alpha value is -1.69. The third-order valence-electron chi connectivity index (χ3n) is 2.17. The van der Waals surface area contributed by atoms with Gasteiger partial charge in [0, 0.05) is 6.07 Å². The van der Waals surface area contributed by atoms with Crippen LogP contribution in [0, 0.1) is 11.3 Å². The van der Waals surface area contributed by atoms with E-state index in [4.69, 9.17) is 15.7 Å². The predicted octanol–water partition coefficient (Wildman–Crippen LogP) is 2.71. The maximum Gasteiger partial charge on any atom is 0.143 e. The van der Waals surface area contributed by atoms with Gasteiger partial charge in [0.25, 0.3) is 0 Å². The highest BCUT2D eigenvalue weighted by Gasteiger charge is 2.06. The highest BCUT2D eigenvalue weighted by molar-refractivity contribution is 5.56. The van der Waals surface area contributed by atoms with E-state index >= 15 is 0 Å². The lowest BCUT2D eigenvalue weighted by Crippen LogP contribution is -2.12. The summed E-state index contributed by atoms with van der Waals surface area (Å²) in [6, 6.07) is 7.13. The van der Waals surface area contributed by atoms with Crippen molar-refractivity contribution in [3.8, 4) is 11.8 Å². The van der Waals surface area contributed by atoms with Crippen LogP contribution in [0.5, 0.6) is 5.75 Å². The Kier molecular flexibility index (Phi) is 3.99. The molecule has 3 nitrogen and oxygen atoms in total. The second kappa shape index (κ2) is 5.26. The number of rotatable bonds is 4. The Bertz CT molecular complexity index is 368. The normalized spacial score (nSPS) is 11.8. The van der Waals surface area contributed by atoms with Crippen molar-refractivity contribution in [2.24, 2.45) is 0 Å². The Morgan fingerprint density at radius 2 is 2.27 bits per heavy atom. The van der Waals surface area contributed by atoms with Crippen molar-refractivity contribution in [3.05, 3.63) is 23.8 Å². The molecule has 1 rings (SSSR count). The fourth-order valence-corrected chi connectivity index (χ4v) is 1.39. The minimum atomic E-state index is 0.131. The van der Waals surface area contributed by atoms with Gasteiger partial charge in [0.05, 0.1) is 23.4 Å². The van der Waals surface area contributed by atoms with E-state index in [0.717, 1.165) is 12.8 Å². The highest BCUT2D eigenvalue weighted by atomic mass is 16.5. The summed E-state index contributed by atoms with van der Waals surface area (Å²) in [4.78, 5) is 0. The third kappa shape index (κ3) is 3.17. The van der Waals surface area contributed by atoms with Crippen molar-refractivity contribution in [3.63, 3.8) is 0 Å². The first-order valence-corrected chi connectivity index (χ1v) is 5.13. The lowest BCUT2D eigenvalue weighted by molar-refractivity contribution is 0.211. The molecule has 0 saturated carbocycles. The number of hydrogen-bond acceptors (Lipinski definition) is 3. The second-order valence-corrected chi connectivity index (χ2v) is 3.58. The minimum Gasteiger partial charge on any atom is -0.489 e. The number of hydrogen-bond donors (Lipinski definition) is 1. The molecule has 2 N–H and O–H groups in total. The Balaban J connectivity index is 2.80. The van der Waals surface area contributed by atoms with Crippen LogP contribution in [0.3, 0.4) is 0 Å². The standard InChI is InChI=1S/C12H16N2O/c1-3-4-9(2)15-12-7-10(8-13)5-6-11(12)14/h5-7,9H,3-4,14H2,1-2H3. The molecule has 0 aliphatic carbocycles. The number of nitrogen functional groups attached to an aromatic ring is 1. The first-order valence-electron chi connectivity index (χ1n) is 5.13. The molecule has 3 heteroatoms. The number of nitrogens with zero attached hydrogens (tertiary/aromatic N) is 1. The summed E-state index contributed by atoms with van der Waals surface area (Å²) in [5, 5.41) is 8.74. The van der Waals surface area contributed by atoms with Crippen molar-refractivity contribution < 1.29 is 4.74 Å². The van der Waals surface area contributed by atoms with Gasteiger partial charge in [-0.05, 0) is 25.5 Å². The summed E-state index contributed by atoms with van der Waals surface area (Å²) in [7, 11) is 0. The van der Waals surface area contributed by atoms with Crippen molar-refractivity contribution >= 4 is 5.69 Å². The molecule has 1 atom stereocenters. The summed E-state index contributed by atoms with van der Waals surface area (Å²) >= 11 is 0. The van der Waals surface area contributed by atoms with Crippen LogP contribution < -0.4 is 10.5 Å². The van der Waals surface area contributed by atoms with Gasteiger partial charge < -0.3 is 10.5 Å². The van der Waals surface area contributed by atoms with E-state index in [-0.39, 0.29) is 6.10 Å². The zero-order chi connectivity index (χ0) is 11.3. The molecule has 0 fully saturated rings. The van der Waals surface area contributed by atoms with E-state index in [2.05, 4.69) is 13.0 Å². The summed E-state index contributed by atoms with van der Waals surface area (Å²) in [5.41, 5.74) is 6.91. The van der Waals surface area contributed by atoms with Crippen LogP contribution in [0.1, 0.15) is 32.3 Å². The van der Waals surface area contributed by atoms with Crippen LogP contribution in [-0.2, 0) is 0 Å². The van der Waals surface area contributed by atoms with E-state index in [1.165, 1.54) is 0 Å². The number of ether oxygens (including phenoxy) is 1. The quantitative estimate of drug-likeness (QED) is 0.767. The maximum atomic E-state index is 8.74. The van der Waals surface area contributed by atoms with Gasteiger partial charge in [-0.25, -0.2) is 0 Å². The van der Waals surface area contributed by atoms with Crippen molar-refractivity contribution in [2.75, 3.05) is 5.73 Å². The number of anilines is 1. The van der Waals surface area contributed by atoms with Crippen LogP contribution in [0.25, 0.3) is 0 Å². The number of nitrogens with two attached hydrogens (primary N) is 1. The predicted molar refractivity (Wildman–Crippen MR) is 60.6 cm³/mol. The fourth-order valence-electron chi connectivity index (χ4n) is 1.39. The third-order valence-corrected chi connectivity index (χ3v) is 2.17. The Morgan fingerprint density at radius 1 is 1.53 bits per heavy atom. The summed E-state index contributed by atoms with van der Waals surface area (Å²) in [5.74, 6) is 0.606. The Labute approximate surface area is 90.5 Å². The lowest BCUT2D eigenvalue weighted by Gasteiger charge is -2.15. The molecule has 0 aromatic heterocycles. The molecule has 80 valence electrons. The van der Waals surface area contributed by atoms with Gasteiger partial charge in [0.1, 0.15) is 5.75 Å². The Morgan fingerprint density at radius 3 is 2.87 bits per heavy atom. The fraction of sp³-hybridized carbons (Fsp3) is 0.417. The first kappa shape index (κ1) is 11.4. The lowest BCUT2D eigenvalue weighted by atomic mass is 10.2. The van der Waals surface area contributed by atoms with Crippen LogP contribution in [0.2, 0.25) is 0 Å². The van der Waals surface area contributed by atoms with Gasteiger partial charge >= 0.3 is 0 Å². The second-order valence-electron chi connectivity index (χ2n) is 3.58. The SMILES string of the molecule is CCCC(C)Oc1cc(C#N)ccc1N. The van der Waals surface area contributed by atoms with Gasteiger partial charge in [-0.1, -0.05) is 13.3 Å². The van der Waals surface area contributed by atoms with Gasteiger partial charge in [-0.2, -0.15) is 5.26 Å². The molecule has 0 aliphatic heterocycles. The van der Waals surface area contributed by atoms with E-state index in [0.29, 0.717) is 17.0 Å². The smallest absolute Gasteiger partial charge is 0.143 e. The highest BCUT2D eigenvalue weighted by Crippen LogP contribution is 2.24. The van der Waals surface area contributed by atoms with Crippen molar-refractivity contribution in [2.45, 2.75) is 32.8 Å². The average Bonchev–Trinajstić information content (AvgIpc) is 2.21. The summed E-state index contributed by atoms with van der Waals surface area (Å²) in [6.07, 6.45) is 2.18. The molecule has 0 amide bonds. The molecule has 0 radical (unpaired) electrons. The van der Waals surface area contributed by atoms with Crippen LogP contribution >= 0.6 is 0 Å². The van der Waals surface area contributed by atoms with E-state index in [9.17, 15) is 0 Å². The molecule has 0 bridgehead atoms. The van der Waals surface area contributed by atoms with E-state index in [1.807, 2.05) is 6.92 Å². The molecule has 0 heterocycles. The van der Waals surface area contributed by atoms with Gasteiger partial charge in [-0.3, -0.25) is 0 Å². The molecule has 0 spiro atoms. The molecule has 0 aliphatic rings. The molecule has 1 aromatic carbocycles. The molecule has 1 unspecified atom stereocenters. The summed E-state index contributed by atoms with van der Waals surface area (Å²) < 4.78 is 5.65. The summed E-state index contributed by atoms with van der Waals surface area (Å²) in [6.45, 7) is 4.11. The minimum absolute atomic E-state index is 0.131. The van der Waals surface area contributed by atoms with Gasteiger partial charge in [0.2, 0.25) is 0 Å². The van der Waals surface area contributed by atoms with E-state index < -0.39 is 0 Å². The molecular formula is C12H16N2O. The molecular weight excluding hydrogens is 188 g/mol. The monoisotopic (exact) mass is 204 g/mol. The van der Waals surface area contributed by atoms with E-state index in [1.54, 1.807) is 18.2 Å². The largest absolute Gasteiger partial charge is 0.489 e. The zero-order valence-corrected chi connectivity index (χ0v) is 9.16. The van der Waals surface area contributed by atoms with Crippen LogP contribution in [0.4, 0.5) is 5.69 Å². The van der Waals surface area contributed by atoms with Crippen LogP contribution in [0.15, 0.2) is 18.2 Å². The molecule has 15 heavy (non-hydrogen) atoms. The molecule has 1 aromatic rings. The average molecular weight is 204 g/mol. The number of nitriles is 1. The van der Waals surface area contributed by atoms with Crippen molar-refractivity contribution in [1.29, 1.82) is 5.26 Å². The van der Waals surface area contributed by atoms with Crippen LogP contribution in [-0.4, -0.2) is 6.10 Å². The maximum absolute atomic E-state index is 8.74. The zero-order valence-electron chi connectivity index (χ0n) is 9.16. The van der Waals surface area contributed by atoms with Gasteiger partial charge in [0.15, 0.2) is 0 Å². The topological polar surface area (TPSA) is 59.0 Å². The first-order chi connectivity index (χ1) is 7.17. The van der Waals surface area contributed by atoms with Crippen molar-refractivity contribution in [1.82, 2.24) is 0 Å².